The molecule has 0 heterocycles. The first-order valence-corrected chi connectivity index (χ1v) is 6.79. The molecule has 2 unspecified atom stereocenters. The second-order valence-corrected chi connectivity index (χ2v) is 5.01. The van der Waals surface area contributed by atoms with Crippen LogP contribution in [0.4, 0.5) is 0 Å². The Hall–Kier alpha value is -1.10. The minimum absolute atomic E-state index is 0.0430. The molecule has 2 atom stereocenters. The van der Waals surface area contributed by atoms with Crippen LogP contribution in [0.15, 0.2) is 0 Å². The van der Waals surface area contributed by atoms with Crippen LogP contribution >= 0.6 is 0 Å². The molecule has 1 aliphatic rings. The summed E-state index contributed by atoms with van der Waals surface area (Å²) >= 11 is 0. The first kappa shape index (κ1) is 15.0. The van der Waals surface area contributed by atoms with Gasteiger partial charge < -0.3 is 15.7 Å². The average Bonchev–Trinajstić information content (AvgIpc) is 2.34. The Labute approximate surface area is 108 Å². The topological polar surface area (TPSA) is 78.4 Å². The number of carbonyl (C=O) groups is 2. The van der Waals surface area contributed by atoms with E-state index in [1.54, 1.807) is 0 Å². The van der Waals surface area contributed by atoms with Gasteiger partial charge in [-0.2, -0.15) is 0 Å². The number of amides is 2. The molecule has 18 heavy (non-hydrogen) atoms. The van der Waals surface area contributed by atoms with Gasteiger partial charge in [-0.15, -0.1) is 0 Å². The molecule has 1 aliphatic carbocycles. The van der Waals surface area contributed by atoms with Gasteiger partial charge in [0, 0.05) is 13.5 Å². The van der Waals surface area contributed by atoms with Crippen molar-refractivity contribution >= 4 is 11.8 Å². The lowest BCUT2D eigenvalue weighted by molar-refractivity contribution is -0.125. The van der Waals surface area contributed by atoms with Crippen LogP contribution in [0.25, 0.3) is 0 Å². The van der Waals surface area contributed by atoms with Crippen LogP contribution < -0.4 is 10.6 Å². The van der Waals surface area contributed by atoms with E-state index in [-0.39, 0.29) is 24.5 Å². The van der Waals surface area contributed by atoms with Gasteiger partial charge in [0.15, 0.2) is 0 Å². The second-order valence-electron chi connectivity index (χ2n) is 5.01. The van der Waals surface area contributed by atoms with Crippen LogP contribution in [0.3, 0.4) is 0 Å². The molecular weight excluding hydrogens is 232 g/mol. The van der Waals surface area contributed by atoms with Gasteiger partial charge in [0.1, 0.15) is 0 Å². The predicted molar refractivity (Wildman–Crippen MR) is 68.9 cm³/mol. The summed E-state index contributed by atoms with van der Waals surface area (Å²) in [4.78, 5) is 21.9. The van der Waals surface area contributed by atoms with Crippen molar-refractivity contribution in [1.29, 1.82) is 0 Å². The normalized spacial score (nSPS) is 23.4. The van der Waals surface area contributed by atoms with E-state index in [0.29, 0.717) is 12.5 Å². The van der Waals surface area contributed by atoms with Gasteiger partial charge in [0.25, 0.3) is 0 Å². The number of aliphatic hydroxyl groups is 1. The van der Waals surface area contributed by atoms with Crippen molar-refractivity contribution in [3.05, 3.63) is 0 Å². The number of rotatable bonds is 6. The highest BCUT2D eigenvalue weighted by Crippen LogP contribution is 2.27. The summed E-state index contributed by atoms with van der Waals surface area (Å²) < 4.78 is 0. The van der Waals surface area contributed by atoms with Gasteiger partial charge in [-0.25, -0.2) is 0 Å². The fourth-order valence-electron chi connectivity index (χ4n) is 2.38. The van der Waals surface area contributed by atoms with E-state index in [1.807, 2.05) is 0 Å². The molecule has 0 aromatic rings. The van der Waals surface area contributed by atoms with Crippen molar-refractivity contribution in [3.8, 4) is 0 Å². The Morgan fingerprint density at radius 2 is 1.94 bits per heavy atom. The van der Waals surface area contributed by atoms with Gasteiger partial charge in [-0.05, 0) is 31.6 Å². The van der Waals surface area contributed by atoms with Gasteiger partial charge >= 0.3 is 0 Å². The third-order valence-corrected chi connectivity index (χ3v) is 3.44. The van der Waals surface area contributed by atoms with Gasteiger partial charge in [0.2, 0.25) is 11.8 Å². The number of hydrogen-bond acceptors (Lipinski definition) is 3. The summed E-state index contributed by atoms with van der Waals surface area (Å²) in [6.07, 6.45) is 6.03. The lowest BCUT2D eigenvalue weighted by atomic mass is 9.83. The van der Waals surface area contributed by atoms with Crippen molar-refractivity contribution in [2.45, 2.75) is 51.6 Å². The zero-order valence-electron chi connectivity index (χ0n) is 11.1. The Morgan fingerprint density at radius 3 is 2.61 bits per heavy atom. The molecule has 3 N–H and O–H groups in total. The highest BCUT2D eigenvalue weighted by atomic mass is 16.3. The van der Waals surface area contributed by atoms with Gasteiger partial charge in [-0.3, -0.25) is 9.59 Å². The maximum absolute atomic E-state index is 11.3. The quantitative estimate of drug-likeness (QED) is 0.608. The Kier molecular flexibility index (Phi) is 6.72. The van der Waals surface area contributed by atoms with Crippen LogP contribution in [-0.4, -0.2) is 36.1 Å². The second kappa shape index (κ2) is 8.08. The van der Waals surface area contributed by atoms with E-state index < -0.39 is 0 Å². The highest BCUT2D eigenvalue weighted by molar-refractivity contribution is 5.83. The average molecular weight is 256 g/mol. The molecule has 0 aromatic carbocycles. The summed E-state index contributed by atoms with van der Waals surface area (Å²) in [6, 6.07) is 0. The highest BCUT2D eigenvalue weighted by Gasteiger charge is 2.22. The minimum atomic E-state index is -0.199. The van der Waals surface area contributed by atoms with E-state index in [2.05, 4.69) is 10.6 Å². The molecule has 0 radical (unpaired) electrons. The SMILES string of the molecule is CC(=O)NCC(=O)NCCCC1CCCCC1O. The fraction of sp³-hybridized carbons (Fsp3) is 0.846. The lowest BCUT2D eigenvalue weighted by Crippen LogP contribution is -2.36. The smallest absolute Gasteiger partial charge is 0.239 e. The van der Waals surface area contributed by atoms with Crippen LogP contribution in [0.2, 0.25) is 0 Å². The molecule has 1 fully saturated rings. The zero-order valence-corrected chi connectivity index (χ0v) is 11.1. The fourth-order valence-corrected chi connectivity index (χ4v) is 2.38. The summed E-state index contributed by atoms with van der Waals surface area (Å²) in [5.74, 6) is 0.0378. The van der Waals surface area contributed by atoms with E-state index in [4.69, 9.17) is 0 Å². The molecule has 0 bridgehead atoms. The van der Waals surface area contributed by atoms with Crippen LogP contribution in [0.5, 0.6) is 0 Å². The van der Waals surface area contributed by atoms with Crippen LogP contribution in [0, 0.1) is 5.92 Å². The standard InChI is InChI=1S/C13H24N2O3/c1-10(16)15-9-13(18)14-8-4-6-11-5-2-3-7-12(11)17/h11-12,17H,2-9H2,1H3,(H,14,18)(H,15,16). The number of nitrogens with one attached hydrogen (secondary N) is 2. The molecular formula is C13H24N2O3. The van der Waals surface area contributed by atoms with Crippen LogP contribution in [0.1, 0.15) is 45.4 Å². The number of hydrogen-bond donors (Lipinski definition) is 3. The molecule has 5 heteroatoms. The molecule has 0 aliphatic heterocycles. The summed E-state index contributed by atoms with van der Waals surface area (Å²) in [5, 5.41) is 15.0. The van der Waals surface area contributed by atoms with E-state index >= 15 is 0 Å². The van der Waals surface area contributed by atoms with E-state index in [1.165, 1.54) is 13.3 Å². The van der Waals surface area contributed by atoms with Crippen molar-refractivity contribution in [1.82, 2.24) is 10.6 Å². The van der Waals surface area contributed by atoms with Crippen molar-refractivity contribution < 1.29 is 14.7 Å². The van der Waals surface area contributed by atoms with Gasteiger partial charge in [-0.1, -0.05) is 12.8 Å². The molecule has 1 rings (SSSR count). The molecule has 5 nitrogen and oxygen atoms in total. The summed E-state index contributed by atoms with van der Waals surface area (Å²) in [6.45, 7) is 2.04. The molecule has 104 valence electrons. The molecule has 1 saturated carbocycles. The summed E-state index contributed by atoms with van der Waals surface area (Å²) in [5.41, 5.74) is 0. The van der Waals surface area contributed by atoms with Crippen LogP contribution in [-0.2, 0) is 9.59 Å². The number of aliphatic hydroxyl groups excluding tert-OH is 1. The Bertz CT molecular complexity index is 281. The lowest BCUT2D eigenvalue weighted by Gasteiger charge is -2.27. The third kappa shape index (κ3) is 6.00. The predicted octanol–water partition coefficient (Wildman–Crippen LogP) is 0.570. The van der Waals surface area contributed by atoms with E-state index in [9.17, 15) is 14.7 Å². The molecule has 0 aromatic heterocycles. The molecule has 0 spiro atoms. The van der Waals surface area contributed by atoms with E-state index in [0.717, 1.165) is 32.1 Å². The maximum Gasteiger partial charge on any atom is 0.239 e. The zero-order chi connectivity index (χ0) is 13.4. The first-order chi connectivity index (χ1) is 8.59. The molecule has 0 saturated heterocycles. The monoisotopic (exact) mass is 256 g/mol. The molecule has 2 amide bonds. The number of carbonyl (C=O) groups excluding carboxylic acids is 2. The minimum Gasteiger partial charge on any atom is -0.393 e. The Morgan fingerprint density at radius 1 is 1.22 bits per heavy atom. The largest absolute Gasteiger partial charge is 0.393 e. The van der Waals surface area contributed by atoms with Crippen molar-refractivity contribution in [2.24, 2.45) is 5.92 Å². The summed E-state index contributed by atoms with van der Waals surface area (Å²) in [7, 11) is 0. The third-order valence-electron chi connectivity index (χ3n) is 3.44. The van der Waals surface area contributed by atoms with Gasteiger partial charge in [0.05, 0.1) is 12.6 Å². The maximum atomic E-state index is 11.3. The van der Waals surface area contributed by atoms with Crippen molar-refractivity contribution in [2.75, 3.05) is 13.1 Å². The Balaban J connectivity index is 2.03. The van der Waals surface area contributed by atoms with Crippen molar-refractivity contribution in [3.63, 3.8) is 0 Å². The first-order valence-electron chi connectivity index (χ1n) is 6.79.